The van der Waals surface area contributed by atoms with Crippen molar-refractivity contribution in [1.82, 2.24) is 0 Å². The van der Waals surface area contributed by atoms with Crippen molar-refractivity contribution >= 4 is 60.5 Å². The van der Waals surface area contributed by atoms with Crippen LogP contribution in [0.25, 0.3) is 65.7 Å². The van der Waals surface area contributed by atoms with Gasteiger partial charge in [-0.3, -0.25) is 0 Å². The van der Waals surface area contributed by atoms with Gasteiger partial charge in [0.15, 0.2) is 0 Å². The molecule has 0 atom stereocenters. The van der Waals surface area contributed by atoms with Crippen LogP contribution in [0.15, 0.2) is 180 Å². The molecule has 216 valence electrons. The monoisotopic (exact) mass is 587 g/mol. The van der Waals surface area contributed by atoms with E-state index in [0.29, 0.717) is 0 Å². The van der Waals surface area contributed by atoms with Gasteiger partial charge in [-0.2, -0.15) is 0 Å². The van der Waals surface area contributed by atoms with Crippen LogP contribution in [0.2, 0.25) is 0 Å². The topological polar surface area (TPSA) is 16.4 Å². The molecule has 0 amide bonds. The second-order valence-electron chi connectivity index (χ2n) is 11.7. The Labute approximate surface area is 267 Å². The van der Waals surface area contributed by atoms with Crippen LogP contribution < -0.4 is 4.90 Å². The normalized spacial score (nSPS) is 11.5. The molecule has 0 N–H and O–H groups in total. The molecule has 0 bridgehead atoms. The molecule has 0 saturated carbocycles. The molecule has 0 aliphatic carbocycles. The van der Waals surface area contributed by atoms with E-state index < -0.39 is 0 Å². The molecule has 0 fully saturated rings. The van der Waals surface area contributed by atoms with Gasteiger partial charge in [0, 0.05) is 27.7 Å². The number of anilines is 3. The Bertz CT molecular complexity index is 2520. The maximum atomic E-state index is 6.48. The van der Waals surface area contributed by atoms with Crippen molar-refractivity contribution < 1.29 is 4.42 Å². The predicted octanol–water partition coefficient (Wildman–Crippen LogP) is 12.7. The Morgan fingerprint density at radius 2 is 1.04 bits per heavy atom. The maximum absolute atomic E-state index is 6.48. The lowest BCUT2D eigenvalue weighted by molar-refractivity contribution is 0.669. The Morgan fingerprint density at radius 1 is 0.391 bits per heavy atom. The van der Waals surface area contributed by atoms with Crippen LogP contribution in [0.5, 0.6) is 0 Å². The fourth-order valence-corrected chi connectivity index (χ4v) is 6.88. The second kappa shape index (κ2) is 10.8. The molecule has 0 aliphatic heterocycles. The molecule has 0 saturated heterocycles. The number of para-hydroxylation sites is 1. The average molecular weight is 588 g/mol. The number of hydrogen-bond acceptors (Lipinski definition) is 2. The van der Waals surface area contributed by atoms with Gasteiger partial charge in [-0.25, -0.2) is 0 Å². The van der Waals surface area contributed by atoms with E-state index in [-0.39, 0.29) is 0 Å². The first-order valence-electron chi connectivity index (χ1n) is 15.7. The maximum Gasteiger partial charge on any atom is 0.136 e. The first kappa shape index (κ1) is 26.3. The highest BCUT2D eigenvalue weighted by Crippen LogP contribution is 2.49. The lowest BCUT2D eigenvalue weighted by Gasteiger charge is -2.29. The smallest absolute Gasteiger partial charge is 0.136 e. The summed E-state index contributed by atoms with van der Waals surface area (Å²) in [6.07, 6.45) is 0. The highest BCUT2D eigenvalue weighted by Gasteiger charge is 2.23. The number of hydrogen-bond donors (Lipinski definition) is 0. The first-order valence-corrected chi connectivity index (χ1v) is 15.7. The summed E-state index contributed by atoms with van der Waals surface area (Å²) in [5, 5.41) is 7.07. The quantitative estimate of drug-likeness (QED) is 0.199. The van der Waals surface area contributed by atoms with E-state index in [9.17, 15) is 0 Å². The van der Waals surface area contributed by atoms with Crippen molar-refractivity contribution in [1.29, 1.82) is 0 Å². The van der Waals surface area contributed by atoms with E-state index in [4.69, 9.17) is 4.42 Å². The van der Waals surface area contributed by atoms with Gasteiger partial charge in [0.25, 0.3) is 0 Å². The van der Waals surface area contributed by atoms with Gasteiger partial charge in [0.1, 0.15) is 11.2 Å². The van der Waals surface area contributed by atoms with Gasteiger partial charge in [-0.05, 0) is 80.7 Å². The molecule has 0 spiro atoms. The molecular formula is C44H29NO. The van der Waals surface area contributed by atoms with Crippen LogP contribution >= 0.6 is 0 Å². The minimum atomic E-state index is 0.880. The van der Waals surface area contributed by atoms with Crippen molar-refractivity contribution in [3.8, 4) is 22.3 Å². The SMILES string of the molecule is c1ccc(-c2ccc(N(c3ccc4ccccc4c3)c3ccc4oc5ccccc5c4c3-c3cccc4ccccc34)cc2)cc1. The number of rotatable bonds is 5. The zero-order chi connectivity index (χ0) is 30.5. The summed E-state index contributed by atoms with van der Waals surface area (Å²) in [5.74, 6) is 0. The summed E-state index contributed by atoms with van der Waals surface area (Å²) < 4.78 is 6.48. The predicted molar refractivity (Wildman–Crippen MR) is 194 cm³/mol. The molecule has 0 aliphatic rings. The third kappa shape index (κ3) is 4.35. The number of fused-ring (bicyclic) bond motifs is 5. The molecule has 2 nitrogen and oxygen atoms in total. The number of nitrogens with zero attached hydrogens (tertiary/aromatic N) is 1. The summed E-state index contributed by atoms with van der Waals surface area (Å²) >= 11 is 0. The van der Waals surface area contributed by atoms with Crippen LogP contribution in [-0.4, -0.2) is 0 Å². The van der Waals surface area contributed by atoms with Crippen molar-refractivity contribution in [3.05, 3.63) is 176 Å². The van der Waals surface area contributed by atoms with Crippen LogP contribution in [-0.2, 0) is 0 Å². The Morgan fingerprint density at radius 3 is 1.89 bits per heavy atom. The number of benzene rings is 8. The molecule has 9 rings (SSSR count). The van der Waals surface area contributed by atoms with E-state index in [2.05, 4.69) is 175 Å². The van der Waals surface area contributed by atoms with E-state index in [1.54, 1.807) is 0 Å². The Hall–Kier alpha value is -6.12. The van der Waals surface area contributed by atoms with Crippen molar-refractivity contribution in [2.45, 2.75) is 0 Å². The summed E-state index contributed by atoms with van der Waals surface area (Å²) in [5.41, 5.74) is 9.77. The zero-order valence-corrected chi connectivity index (χ0v) is 25.1. The third-order valence-electron chi connectivity index (χ3n) is 9.05. The molecule has 9 aromatic rings. The van der Waals surface area contributed by atoms with E-state index in [0.717, 1.165) is 44.6 Å². The molecular weight excluding hydrogens is 558 g/mol. The van der Waals surface area contributed by atoms with Crippen molar-refractivity contribution in [3.63, 3.8) is 0 Å². The summed E-state index contributed by atoms with van der Waals surface area (Å²) in [6.45, 7) is 0. The van der Waals surface area contributed by atoms with Gasteiger partial charge >= 0.3 is 0 Å². The molecule has 2 heteroatoms. The summed E-state index contributed by atoms with van der Waals surface area (Å²) in [7, 11) is 0. The van der Waals surface area contributed by atoms with Crippen LogP contribution in [0, 0.1) is 0 Å². The highest BCUT2D eigenvalue weighted by atomic mass is 16.3. The fraction of sp³-hybridized carbons (Fsp3) is 0. The van der Waals surface area contributed by atoms with Gasteiger partial charge in [-0.1, -0.05) is 133 Å². The minimum Gasteiger partial charge on any atom is -0.456 e. The van der Waals surface area contributed by atoms with E-state index in [1.807, 2.05) is 6.07 Å². The van der Waals surface area contributed by atoms with Crippen LogP contribution in [0.3, 0.4) is 0 Å². The Balaban J connectivity index is 1.37. The van der Waals surface area contributed by atoms with E-state index in [1.165, 1.54) is 38.2 Å². The van der Waals surface area contributed by atoms with Crippen LogP contribution in [0.1, 0.15) is 0 Å². The lowest BCUT2D eigenvalue weighted by Crippen LogP contribution is -2.11. The van der Waals surface area contributed by atoms with Crippen molar-refractivity contribution in [2.24, 2.45) is 0 Å². The fourth-order valence-electron chi connectivity index (χ4n) is 6.88. The first-order chi connectivity index (χ1) is 22.8. The van der Waals surface area contributed by atoms with Crippen molar-refractivity contribution in [2.75, 3.05) is 4.90 Å². The van der Waals surface area contributed by atoms with E-state index >= 15 is 0 Å². The summed E-state index contributed by atoms with van der Waals surface area (Å²) in [4.78, 5) is 2.40. The zero-order valence-electron chi connectivity index (χ0n) is 25.1. The molecule has 8 aromatic carbocycles. The Kier molecular flexibility index (Phi) is 6.17. The number of furan rings is 1. The molecule has 0 unspecified atom stereocenters. The second-order valence-corrected chi connectivity index (χ2v) is 11.7. The lowest BCUT2D eigenvalue weighted by atomic mass is 9.92. The van der Waals surface area contributed by atoms with Gasteiger partial charge in [0.05, 0.1) is 5.69 Å². The van der Waals surface area contributed by atoms with Gasteiger partial charge < -0.3 is 9.32 Å². The molecule has 1 aromatic heterocycles. The standard InChI is InChI=1S/C44H29NO/c1-2-11-30(12-3-1)32-21-24-35(25-22-32)45(36-26-23-31-13-4-5-15-34(31)29-36)40-27-28-42-44(39-18-8-9-20-41(39)46-42)43(40)38-19-10-16-33-14-6-7-17-37(33)38/h1-29H. The van der Waals surface area contributed by atoms with Gasteiger partial charge in [0.2, 0.25) is 0 Å². The average Bonchev–Trinajstić information content (AvgIpc) is 3.51. The molecule has 0 radical (unpaired) electrons. The molecule has 46 heavy (non-hydrogen) atoms. The van der Waals surface area contributed by atoms with Crippen LogP contribution in [0.4, 0.5) is 17.1 Å². The minimum absolute atomic E-state index is 0.880. The van der Waals surface area contributed by atoms with Gasteiger partial charge in [-0.15, -0.1) is 0 Å². The molecule has 1 heterocycles. The third-order valence-corrected chi connectivity index (χ3v) is 9.05. The largest absolute Gasteiger partial charge is 0.456 e. The summed E-state index contributed by atoms with van der Waals surface area (Å²) in [6, 6.07) is 62.8. The highest BCUT2D eigenvalue weighted by molar-refractivity contribution is 6.19.